The molecule has 2 fully saturated rings. The van der Waals surface area contributed by atoms with E-state index in [1.165, 1.54) is 32.1 Å². The van der Waals surface area contributed by atoms with Crippen molar-refractivity contribution in [3.63, 3.8) is 0 Å². The van der Waals surface area contributed by atoms with Crippen LogP contribution in [0.5, 0.6) is 0 Å². The molecule has 0 aromatic carbocycles. The lowest BCUT2D eigenvalue weighted by atomic mass is 9.80. The molecule has 5 unspecified atom stereocenters. The number of hydrogen-bond donors (Lipinski definition) is 1. The van der Waals surface area contributed by atoms with Crippen LogP contribution in [0.3, 0.4) is 0 Å². The van der Waals surface area contributed by atoms with E-state index in [0.29, 0.717) is 5.92 Å². The van der Waals surface area contributed by atoms with Gasteiger partial charge in [-0.05, 0) is 55.9 Å². The topological polar surface area (TPSA) is 21.3 Å². The minimum absolute atomic E-state index is 0.683. The van der Waals surface area contributed by atoms with E-state index in [0.717, 1.165) is 36.9 Å². The van der Waals surface area contributed by atoms with Crippen LogP contribution in [-0.4, -0.2) is 26.3 Å². The van der Waals surface area contributed by atoms with Crippen molar-refractivity contribution in [2.75, 3.05) is 20.3 Å². The van der Waals surface area contributed by atoms with Crippen molar-refractivity contribution < 1.29 is 4.74 Å². The molecule has 2 aliphatic rings. The van der Waals surface area contributed by atoms with Gasteiger partial charge < -0.3 is 10.1 Å². The Morgan fingerprint density at radius 2 is 2.12 bits per heavy atom. The molecule has 2 saturated carbocycles. The van der Waals surface area contributed by atoms with E-state index in [-0.39, 0.29) is 0 Å². The molecule has 2 nitrogen and oxygen atoms in total. The Morgan fingerprint density at radius 3 is 2.65 bits per heavy atom. The van der Waals surface area contributed by atoms with Gasteiger partial charge in [-0.1, -0.05) is 20.3 Å². The summed E-state index contributed by atoms with van der Waals surface area (Å²) in [5.41, 5.74) is 0. The molecule has 0 spiro atoms. The second-order valence-electron chi connectivity index (χ2n) is 6.30. The highest BCUT2D eigenvalue weighted by Gasteiger charge is 2.42. The maximum atomic E-state index is 5.28. The molecule has 0 heterocycles. The lowest BCUT2D eigenvalue weighted by Gasteiger charge is -2.32. The third kappa shape index (κ3) is 3.23. The molecule has 0 saturated heterocycles. The predicted octanol–water partition coefficient (Wildman–Crippen LogP) is 3.07. The Bertz CT molecular complexity index is 231. The molecule has 2 heteroatoms. The van der Waals surface area contributed by atoms with E-state index in [9.17, 15) is 0 Å². The summed E-state index contributed by atoms with van der Waals surface area (Å²) in [4.78, 5) is 0. The number of hydrogen-bond acceptors (Lipinski definition) is 2. The van der Waals surface area contributed by atoms with E-state index in [1.807, 2.05) is 7.11 Å². The van der Waals surface area contributed by atoms with Gasteiger partial charge in [0.15, 0.2) is 0 Å². The molecule has 2 aliphatic carbocycles. The highest BCUT2D eigenvalue weighted by Crippen LogP contribution is 2.50. The van der Waals surface area contributed by atoms with Gasteiger partial charge in [-0.15, -0.1) is 0 Å². The van der Waals surface area contributed by atoms with E-state index in [1.54, 1.807) is 0 Å². The van der Waals surface area contributed by atoms with Crippen molar-refractivity contribution in [3.8, 4) is 0 Å². The molecule has 17 heavy (non-hydrogen) atoms. The summed E-state index contributed by atoms with van der Waals surface area (Å²) < 4.78 is 5.28. The van der Waals surface area contributed by atoms with Crippen LogP contribution >= 0.6 is 0 Å². The fraction of sp³-hybridized carbons (Fsp3) is 1.00. The van der Waals surface area contributed by atoms with Crippen molar-refractivity contribution in [1.82, 2.24) is 5.32 Å². The second kappa shape index (κ2) is 6.19. The molecule has 1 N–H and O–H groups in total. The predicted molar refractivity (Wildman–Crippen MR) is 72.1 cm³/mol. The maximum Gasteiger partial charge on any atom is 0.0488 e. The Kier molecular flexibility index (Phi) is 4.87. The summed E-state index contributed by atoms with van der Waals surface area (Å²) in [6.07, 6.45) is 7.30. The number of ether oxygens (including phenoxy) is 1. The quantitative estimate of drug-likeness (QED) is 0.737. The number of nitrogens with one attached hydrogen (secondary N) is 1. The Hall–Kier alpha value is -0.0800. The van der Waals surface area contributed by atoms with Gasteiger partial charge in [0.1, 0.15) is 0 Å². The molecular formula is C15H29NO. The molecule has 0 aliphatic heterocycles. The Labute approximate surface area is 107 Å². The molecule has 2 rings (SSSR count). The number of fused-ring (bicyclic) bond motifs is 2. The molecule has 5 atom stereocenters. The zero-order chi connectivity index (χ0) is 12.3. The van der Waals surface area contributed by atoms with E-state index in [2.05, 4.69) is 19.2 Å². The minimum Gasteiger partial charge on any atom is -0.384 e. The molecule has 2 bridgehead atoms. The van der Waals surface area contributed by atoms with Gasteiger partial charge in [-0.25, -0.2) is 0 Å². The first-order valence-electron chi connectivity index (χ1n) is 7.46. The third-order valence-electron chi connectivity index (χ3n) is 4.88. The van der Waals surface area contributed by atoms with Crippen LogP contribution in [0.15, 0.2) is 0 Å². The van der Waals surface area contributed by atoms with Crippen molar-refractivity contribution in [3.05, 3.63) is 0 Å². The average molecular weight is 239 g/mol. The highest BCUT2D eigenvalue weighted by atomic mass is 16.5. The van der Waals surface area contributed by atoms with Crippen LogP contribution in [0.4, 0.5) is 0 Å². The molecule has 0 amide bonds. The van der Waals surface area contributed by atoms with Crippen LogP contribution in [0, 0.1) is 23.7 Å². The SMILES string of the molecule is CCNC(CC(C)COC)C1CC2CCC1C2. The summed E-state index contributed by atoms with van der Waals surface area (Å²) in [6.45, 7) is 6.57. The van der Waals surface area contributed by atoms with Gasteiger partial charge in [0.25, 0.3) is 0 Å². The third-order valence-corrected chi connectivity index (χ3v) is 4.88. The van der Waals surface area contributed by atoms with Crippen LogP contribution in [0.1, 0.15) is 46.0 Å². The molecular weight excluding hydrogens is 210 g/mol. The van der Waals surface area contributed by atoms with Crippen molar-refractivity contribution in [2.45, 2.75) is 52.0 Å². The standard InChI is InChI=1S/C15H29NO/c1-4-16-15(7-11(2)10-17-3)14-9-12-5-6-13(14)8-12/h11-16H,4-10H2,1-3H3. The average Bonchev–Trinajstić information content (AvgIpc) is 2.90. The van der Waals surface area contributed by atoms with Crippen molar-refractivity contribution in [1.29, 1.82) is 0 Å². The fourth-order valence-electron chi connectivity index (χ4n) is 4.24. The minimum atomic E-state index is 0.683. The van der Waals surface area contributed by atoms with Crippen LogP contribution in [0.2, 0.25) is 0 Å². The Morgan fingerprint density at radius 1 is 1.29 bits per heavy atom. The van der Waals surface area contributed by atoms with Crippen molar-refractivity contribution in [2.24, 2.45) is 23.7 Å². The van der Waals surface area contributed by atoms with E-state index >= 15 is 0 Å². The molecule has 100 valence electrons. The zero-order valence-corrected chi connectivity index (χ0v) is 11.7. The summed E-state index contributed by atoms with van der Waals surface area (Å²) in [5, 5.41) is 3.74. The first kappa shape index (κ1) is 13.4. The molecule has 0 aromatic heterocycles. The van der Waals surface area contributed by atoms with Gasteiger partial charge in [-0.3, -0.25) is 0 Å². The largest absolute Gasteiger partial charge is 0.384 e. The van der Waals surface area contributed by atoms with E-state index in [4.69, 9.17) is 4.74 Å². The van der Waals surface area contributed by atoms with Crippen LogP contribution in [0.25, 0.3) is 0 Å². The monoisotopic (exact) mass is 239 g/mol. The lowest BCUT2D eigenvalue weighted by molar-refractivity contribution is 0.135. The summed E-state index contributed by atoms with van der Waals surface area (Å²) in [7, 11) is 1.82. The highest BCUT2D eigenvalue weighted by molar-refractivity contribution is 4.95. The first-order valence-corrected chi connectivity index (χ1v) is 7.46. The van der Waals surface area contributed by atoms with Gasteiger partial charge in [0.2, 0.25) is 0 Å². The fourth-order valence-corrected chi connectivity index (χ4v) is 4.24. The molecule has 0 radical (unpaired) electrons. The summed E-state index contributed by atoms with van der Waals surface area (Å²) in [6, 6.07) is 0.737. The van der Waals surface area contributed by atoms with Crippen LogP contribution < -0.4 is 5.32 Å². The van der Waals surface area contributed by atoms with Gasteiger partial charge in [0, 0.05) is 19.8 Å². The normalized spacial score (nSPS) is 35.1. The maximum absolute atomic E-state index is 5.28. The smallest absolute Gasteiger partial charge is 0.0488 e. The number of methoxy groups -OCH3 is 1. The summed E-state index contributed by atoms with van der Waals surface area (Å²) >= 11 is 0. The van der Waals surface area contributed by atoms with Gasteiger partial charge >= 0.3 is 0 Å². The first-order chi connectivity index (χ1) is 8.24. The van der Waals surface area contributed by atoms with Gasteiger partial charge in [-0.2, -0.15) is 0 Å². The Balaban J connectivity index is 1.88. The number of rotatable bonds is 7. The zero-order valence-electron chi connectivity index (χ0n) is 11.7. The second-order valence-corrected chi connectivity index (χ2v) is 6.30. The lowest BCUT2D eigenvalue weighted by Crippen LogP contribution is -2.40. The summed E-state index contributed by atoms with van der Waals surface area (Å²) in [5.74, 6) is 3.72. The van der Waals surface area contributed by atoms with E-state index < -0.39 is 0 Å². The van der Waals surface area contributed by atoms with Crippen LogP contribution in [-0.2, 0) is 4.74 Å². The van der Waals surface area contributed by atoms with Crippen molar-refractivity contribution >= 4 is 0 Å². The van der Waals surface area contributed by atoms with Gasteiger partial charge in [0.05, 0.1) is 0 Å². The molecule has 0 aromatic rings.